The largest absolute Gasteiger partial charge is 0.399 e. The molecule has 0 saturated carbocycles. The predicted molar refractivity (Wildman–Crippen MR) is 61.2 cm³/mol. The molecule has 0 unspecified atom stereocenters. The van der Waals surface area contributed by atoms with Crippen LogP contribution in [0.4, 0.5) is 5.69 Å². The third-order valence-corrected chi connectivity index (χ3v) is 3.43. The van der Waals surface area contributed by atoms with Crippen LogP contribution in [0.3, 0.4) is 0 Å². The lowest BCUT2D eigenvalue weighted by molar-refractivity contribution is 0.112. The van der Waals surface area contributed by atoms with Crippen LogP contribution in [-0.2, 0) is 5.88 Å². The summed E-state index contributed by atoms with van der Waals surface area (Å²) in [5, 5.41) is 0.993. The Balaban J connectivity index is 2.77. The molecule has 1 aromatic heterocycles. The van der Waals surface area contributed by atoms with Gasteiger partial charge in [-0.05, 0) is 29.1 Å². The molecule has 0 aliphatic rings. The fourth-order valence-electron chi connectivity index (χ4n) is 1.43. The smallest absolute Gasteiger partial charge is 0.160 e. The van der Waals surface area contributed by atoms with Gasteiger partial charge in [-0.3, -0.25) is 4.79 Å². The summed E-state index contributed by atoms with van der Waals surface area (Å²) in [6.07, 6.45) is 0.846. The van der Waals surface area contributed by atoms with Gasteiger partial charge in [-0.1, -0.05) is 0 Å². The zero-order valence-electron chi connectivity index (χ0n) is 7.29. The van der Waals surface area contributed by atoms with E-state index in [9.17, 15) is 4.79 Å². The van der Waals surface area contributed by atoms with Crippen molar-refractivity contribution in [3.8, 4) is 0 Å². The third kappa shape index (κ3) is 1.49. The maximum atomic E-state index is 10.6. The maximum absolute atomic E-state index is 10.6. The molecule has 2 N–H and O–H groups in total. The Morgan fingerprint density at radius 2 is 2.21 bits per heavy atom. The molecule has 4 heteroatoms. The van der Waals surface area contributed by atoms with Crippen molar-refractivity contribution in [3.05, 3.63) is 28.6 Å². The van der Waals surface area contributed by atoms with Crippen molar-refractivity contribution in [2.24, 2.45) is 0 Å². The molecule has 0 amide bonds. The second kappa shape index (κ2) is 3.59. The second-order valence-corrected chi connectivity index (χ2v) is 4.35. The van der Waals surface area contributed by atoms with Gasteiger partial charge in [-0.15, -0.1) is 22.9 Å². The number of nitrogen functional groups attached to an aromatic ring is 1. The van der Waals surface area contributed by atoms with E-state index in [1.54, 1.807) is 0 Å². The first-order valence-electron chi connectivity index (χ1n) is 4.07. The number of thiophene rings is 1. The molecule has 0 radical (unpaired) electrons. The van der Waals surface area contributed by atoms with Gasteiger partial charge in [0.2, 0.25) is 0 Å². The van der Waals surface area contributed by atoms with E-state index in [0.29, 0.717) is 16.4 Å². The number of halogens is 1. The molecule has 2 rings (SSSR count). The van der Waals surface area contributed by atoms with E-state index in [1.165, 1.54) is 11.3 Å². The molecule has 0 aliphatic carbocycles. The molecule has 0 bridgehead atoms. The Labute approximate surface area is 90.3 Å². The summed E-state index contributed by atoms with van der Waals surface area (Å²) in [5.41, 5.74) is 7.38. The van der Waals surface area contributed by atoms with Crippen molar-refractivity contribution in [2.45, 2.75) is 5.88 Å². The van der Waals surface area contributed by atoms with Crippen LogP contribution in [0.15, 0.2) is 18.2 Å². The summed E-state index contributed by atoms with van der Waals surface area (Å²) in [4.78, 5) is 11.3. The quantitative estimate of drug-likeness (QED) is 0.485. The number of aldehydes is 1. The highest BCUT2D eigenvalue weighted by molar-refractivity contribution is 7.20. The average molecular weight is 226 g/mol. The zero-order chi connectivity index (χ0) is 10.1. The number of hydrogen-bond acceptors (Lipinski definition) is 3. The number of carbonyl (C=O) groups excluding carboxylic acids is 1. The molecule has 1 aromatic carbocycles. The number of carbonyl (C=O) groups is 1. The minimum absolute atomic E-state index is 0.417. The number of fused-ring (bicyclic) bond motifs is 1. The molecule has 0 spiro atoms. The van der Waals surface area contributed by atoms with E-state index in [-0.39, 0.29) is 0 Å². The Hall–Kier alpha value is -1.06. The van der Waals surface area contributed by atoms with E-state index in [2.05, 4.69) is 0 Å². The first-order chi connectivity index (χ1) is 6.74. The van der Waals surface area contributed by atoms with E-state index in [0.717, 1.165) is 21.9 Å². The molecule has 0 atom stereocenters. The normalized spacial score (nSPS) is 10.6. The van der Waals surface area contributed by atoms with Crippen molar-refractivity contribution in [2.75, 3.05) is 5.73 Å². The predicted octanol–water partition coefficient (Wildman–Crippen LogP) is 3.03. The first-order valence-corrected chi connectivity index (χ1v) is 5.43. The molecule has 1 heterocycles. The third-order valence-electron chi connectivity index (χ3n) is 1.99. The molecular formula is C10H8ClNOS. The van der Waals surface area contributed by atoms with Gasteiger partial charge >= 0.3 is 0 Å². The van der Waals surface area contributed by atoms with Gasteiger partial charge in [-0.25, -0.2) is 0 Å². The van der Waals surface area contributed by atoms with Gasteiger partial charge in [0.25, 0.3) is 0 Å². The first kappa shape index (κ1) is 9.49. The van der Waals surface area contributed by atoms with Gasteiger partial charge in [-0.2, -0.15) is 0 Å². The summed E-state index contributed by atoms with van der Waals surface area (Å²) in [6.45, 7) is 0. The average Bonchev–Trinajstić information content (AvgIpc) is 2.59. The summed E-state index contributed by atoms with van der Waals surface area (Å²) in [7, 11) is 0. The lowest BCUT2D eigenvalue weighted by Crippen LogP contribution is -1.86. The van der Waals surface area contributed by atoms with Crippen molar-refractivity contribution in [3.63, 3.8) is 0 Å². The van der Waals surface area contributed by atoms with Gasteiger partial charge in [0.05, 0.1) is 4.88 Å². The summed E-state index contributed by atoms with van der Waals surface area (Å²) in [5.74, 6) is 0.417. The SMILES string of the molecule is Nc1cc(CCl)c2sc(C=O)cc2c1. The number of benzene rings is 1. The van der Waals surface area contributed by atoms with Crippen molar-refractivity contribution >= 4 is 45.0 Å². The number of nitrogens with two attached hydrogens (primary N) is 1. The van der Waals surface area contributed by atoms with Crippen LogP contribution < -0.4 is 5.73 Å². The van der Waals surface area contributed by atoms with Crippen LogP contribution in [0, 0.1) is 0 Å². The van der Waals surface area contributed by atoms with E-state index in [4.69, 9.17) is 17.3 Å². The molecule has 0 fully saturated rings. The molecule has 0 aliphatic heterocycles. The Morgan fingerprint density at radius 1 is 1.43 bits per heavy atom. The van der Waals surface area contributed by atoms with Crippen molar-refractivity contribution in [1.29, 1.82) is 0 Å². The van der Waals surface area contributed by atoms with Crippen LogP contribution in [-0.4, -0.2) is 6.29 Å². The molecule has 72 valence electrons. The van der Waals surface area contributed by atoms with Crippen LogP contribution in [0.5, 0.6) is 0 Å². The van der Waals surface area contributed by atoms with Gasteiger partial charge in [0.1, 0.15) is 0 Å². The van der Waals surface area contributed by atoms with Crippen LogP contribution in [0.25, 0.3) is 10.1 Å². The highest BCUT2D eigenvalue weighted by Crippen LogP contribution is 2.31. The Kier molecular flexibility index (Phi) is 2.44. The number of rotatable bonds is 2. The summed E-state index contributed by atoms with van der Waals surface area (Å²) < 4.78 is 1.05. The standard InChI is InChI=1S/C10H8ClNOS/c11-4-7-2-8(12)1-6-3-9(5-13)14-10(6)7/h1-3,5H,4,12H2. The van der Waals surface area contributed by atoms with Crippen molar-refractivity contribution in [1.82, 2.24) is 0 Å². The van der Waals surface area contributed by atoms with E-state index >= 15 is 0 Å². The molecule has 2 aromatic rings. The highest BCUT2D eigenvalue weighted by Gasteiger charge is 2.06. The molecular weight excluding hydrogens is 218 g/mol. The lowest BCUT2D eigenvalue weighted by atomic mass is 10.1. The fourth-order valence-corrected chi connectivity index (χ4v) is 2.69. The Bertz CT molecular complexity index is 492. The summed E-state index contributed by atoms with van der Waals surface area (Å²) in [6, 6.07) is 5.54. The molecule has 2 nitrogen and oxygen atoms in total. The minimum atomic E-state index is 0.417. The minimum Gasteiger partial charge on any atom is -0.399 e. The maximum Gasteiger partial charge on any atom is 0.160 e. The van der Waals surface area contributed by atoms with Gasteiger partial charge < -0.3 is 5.73 Å². The van der Waals surface area contributed by atoms with Crippen molar-refractivity contribution < 1.29 is 4.79 Å². The van der Waals surface area contributed by atoms with Gasteiger partial charge in [0.15, 0.2) is 6.29 Å². The van der Waals surface area contributed by atoms with E-state index < -0.39 is 0 Å². The topological polar surface area (TPSA) is 43.1 Å². The Morgan fingerprint density at radius 3 is 2.86 bits per heavy atom. The highest BCUT2D eigenvalue weighted by atomic mass is 35.5. The molecule has 14 heavy (non-hydrogen) atoms. The number of hydrogen-bond donors (Lipinski definition) is 1. The number of anilines is 1. The zero-order valence-corrected chi connectivity index (χ0v) is 8.86. The van der Waals surface area contributed by atoms with Crippen LogP contribution in [0.2, 0.25) is 0 Å². The fraction of sp³-hybridized carbons (Fsp3) is 0.100. The van der Waals surface area contributed by atoms with E-state index in [1.807, 2.05) is 18.2 Å². The van der Waals surface area contributed by atoms with Gasteiger partial charge in [0, 0.05) is 16.3 Å². The number of alkyl halides is 1. The van der Waals surface area contributed by atoms with Crippen LogP contribution in [0.1, 0.15) is 15.2 Å². The lowest BCUT2D eigenvalue weighted by Gasteiger charge is -1.99. The molecule has 0 saturated heterocycles. The van der Waals surface area contributed by atoms with Crippen LogP contribution >= 0.6 is 22.9 Å². The second-order valence-electron chi connectivity index (χ2n) is 3.00. The monoisotopic (exact) mass is 225 g/mol. The summed E-state index contributed by atoms with van der Waals surface area (Å²) >= 11 is 7.24.